The number of rotatable bonds is 11. The maximum absolute atomic E-state index is 13.0. The Morgan fingerprint density at radius 1 is 1.00 bits per heavy atom. The van der Waals surface area contributed by atoms with Gasteiger partial charge in [0.15, 0.2) is 12.0 Å². The average molecular weight is 491 g/mol. The molecular weight excluding hydrogens is 468 g/mol. The van der Waals surface area contributed by atoms with Crippen molar-refractivity contribution in [1.29, 1.82) is 0 Å². The Kier molecular flexibility index (Phi) is 9.05. The number of halogens is 6. The lowest BCUT2D eigenvalue weighted by atomic mass is 9.98. The zero-order valence-corrected chi connectivity index (χ0v) is 17.8. The molecular formula is C22H23F6N3O3. The van der Waals surface area contributed by atoms with Crippen molar-refractivity contribution >= 4 is 17.8 Å². The Bertz CT molecular complexity index is 962. The summed E-state index contributed by atoms with van der Waals surface area (Å²) in [5.74, 6) is -1.12. The highest BCUT2D eigenvalue weighted by atomic mass is 19.4. The van der Waals surface area contributed by atoms with E-state index in [1.54, 1.807) is 18.2 Å². The second kappa shape index (κ2) is 11.3. The highest BCUT2D eigenvalue weighted by Crippen LogP contribution is 2.41. The minimum atomic E-state index is -4.64. The molecule has 0 aromatic heterocycles. The van der Waals surface area contributed by atoms with Crippen molar-refractivity contribution in [2.24, 2.45) is 11.5 Å². The number of carbonyl (C=O) groups excluding carboxylic acids is 2. The molecule has 0 aliphatic rings. The molecule has 12 heteroatoms. The first-order valence-corrected chi connectivity index (χ1v) is 10.1. The van der Waals surface area contributed by atoms with Crippen LogP contribution in [-0.2, 0) is 16.1 Å². The standard InChI is InChI=1S/C22H23F6N3O3/c23-21(24,25)6-8-31(9-7-22(26,27)28)17-11-14(12-29)10-16(19(30)18(33)13-32)20(17)34-15-4-2-1-3-5-15/h1-5,10-11,13,19H,6-9,12,29-30H2. The topological polar surface area (TPSA) is 98.7 Å². The Hall–Kier alpha value is -3.12. The predicted molar refractivity (Wildman–Crippen MR) is 112 cm³/mol. The van der Waals surface area contributed by atoms with E-state index in [1.165, 1.54) is 24.3 Å². The third kappa shape index (κ3) is 8.03. The number of hydrogen-bond donors (Lipinski definition) is 2. The van der Waals surface area contributed by atoms with E-state index in [1.807, 2.05) is 0 Å². The van der Waals surface area contributed by atoms with E-state index >= 15 is 0 Å². The largest absolute Gasteiger partial charge is 0.455 e. The van der Waals surface area contributed by atoms with Gasteiger partial charge in [0.2, 0.25) is 5.78 Å². The van der Waals surface area contributed by atoms with Gasteiger partial charge in [0.05, 0.1) is 18.5 Å². The molecule has 0 bridgehead atoms. The first-order valence-electron chi connectivity index (χ1n) is 10.1. The average Bonchev–Trinajstić information content (AvgIpc) is 2.77. The molecule has 2 aromatic rings. The van der Waals surface area contributed by atoms with Crippen LogP contribution in [0.3, 0.4) is 0 Å². The van der Waals surface area contributed by atoms with Gasteiger partial charge in [-0.3, -0.25) is 9.59 Å². The predicted octanol–water partition coefficient (Wildman–Crippen LogP) is 4.42. The molecule has 0 saturated heterocycles. The maximum atomic E-state index is 13.0. The Labute approximate surface area is 191 Å². The van der Waals surface area contributed by atoms with Crippen molar-refractivity contribution in [1.82, 2.24) is 0 Å². The van der Waals surface area contributed by atoms with E-state index in [9.17, 15) is 35.9 Å². The molecule has 186 valence electrons. The third-order valence-corrected chi connectivity index (χ3v) is 4.79. The molecule has 2 rings (SSSR count). The Morgan fingerprint density at radius 3 is 2.03 bits per heavy atom. The number of carbonyl (C=O) groups is 2. The molecule has 0 aliphatic carbocycles. The van der Waals surface area contributed by atoms with Crippen LogP contribution >= 0.6 is 0 Å². The van der Waals surface area contributed by atoms with Crippen LogP contribution in [0.15, 0.2) is 42.5 Å². The zero-order chi connectivity index (χ0) is 25.5. The number of nitrogens with zero attached hydrogens (tertiary/aromatic N) is 1. The van der Waals surface area contributed by atoms with Crippen molar-refractivity contribution in [3.63, 3.8) is 0 Å². The molecule has 0 saturated carbocycles. The van der Waals surface area contributed by atoms with E-state index in [0.29, 0.717) is 0 Å². The van der Waals surface area contributed by atoms with Crippen LogP contribution in [0.4, 0.5) is 32.0 Å². The van der Waals surface area contributed by atoms with E-state index in [4.69, 9.17) is 16.2 Å². The fourth-order valence-electron chi connectivity index (χ4n) is 3.10. The van der Waals surface area contributed by atoms with Crippen LogP contribution in [0.5, 0.6) is 11.5 Å². The normalized spacial score (nSPS) is 12.8. The molecule has 0 heterocycles. The summed E-state index contributed by atoms with van der Waals surface area (Å²) in [6, 6.07) is 8.86. The number of Topliss-reactive ketones (excluding diaryl/α,β-unsaturated/α-hetero) is 1. The summed E-state index contributed by atoms with van der Waals surface area (Å²) in [5.41, 5.74) is 11.6. The quantitative estimate of drug-likeness (QED) is 0.274. The van der Waals surface area contributed by atoms with Crippen LogP contribution in [-0.4, -0.2) is 37.5 Å². The molecule has 1 atom stereocenters. The molecule has 34 heavy (non-hydrogen) atoms. The Morgan fingerprint density at radius 2 is 1.56 bits per heavy atom. The molecule has 4 N–H and O–H groups in total. The molecule has 0 fully saturated rings. The van der Waals surface area contributed by atoms with Gasteiger partial charge >= 0.3 is 12.4 Å². The van der Waals surface area contributed by atoms with Crippen molar-refractivity contribution in [3.05, 3.63) is 53.6 Å². The fraction of sp³-hybridized carbons (Fsp3) is 0.364. The molecule has 0 aliphatic heterocycles. The van der Waals surface area contributed by atoms with E-state index in [-0.39, 0.29) is 41.1 Å². The maximum Gasteiger partial charge on any atom is 0.390 e. The smallest absolute Gasteiger partial charge is 0.390 e. The van der Waals surface area contributed by atoms with E-state index in [2.05, 4.69) is 0 Å². The van der Waals surface area contributed by atoms with Gasteiger partial charge in [-0.25, -0.2) is 0 Å². The van der Waals surface area contributed by atoms with Gasteiger partial charge in [-0.1, -0.05) is 18.2 Å². The second-order valence-corrected chi connectivity index (χ2v) is 7.37. The van der Waals surface area contributed by atoms with Crippen molar-refractivity contribution in [2.75, 3.05) is 18.0 Å². The Balaban J connectivity index is 2.69. The lowest BCUT2D eigenvalue weighted by Crippen LogP contribution is -2.33. The number of aldehydes is 1. The first kappa shape index (κ1) is 27.1. The van der Waals surface area contributed by atoms with Gasteiger partial charge in [0.25, 0.3) is 0 Å². The fourth-order valence-corrected chi connectivity index (χ4v) is 3.10. The van der Waals surface area contributed by atoms with Gasteiger partial charge in [-0.2, -0.15) is 26.3 Å². The van der Waals surface area contributed by atoms with Gasteiger partial charge in [0.1, 0.15) is 11.8 Å². The molecule has 0 radical (unpaired) electrons. The number of ether oxygens (including phenoxy) is 1. The molecule has 6 nitrogen and oxygen atoms in total. The minimum Gasteiger partial charge on any atom is -0.455 e. The molecule has 2 aromatic carbocycles. The van der Waals surface area contributed by atoms with E-state index in [0.717, 1.165) is 4.90 Å². The third-order valence-electron chi connectivity index (χ3n) is 4.79. The van der Waals surface area contributed by atoms with Crippen LogP contribution in [0.1, 0.15) is 30.0 Å². The summed E-state index contributed by atoms with van der Waals surface area (Å²) in [4.78, 5) is 23.9. The van der Waals surface area contributed by atoms with Crippen LogP contribution in [0.25, 0.3) is 0 Å². The summed E-state index contributed by atoms with van der Waals surface area (Å²) in [6.45, 7) is -1.82. The summed E-state index contributed by atoms with van der Waals surface area (Å²) >= 11 is 0. The highest BCUT2D eigenvalue weighted by molar-refractivity contribution is 6.27. The lowest BCUT2D eigenvalue weighted by Gasteiger charge is -2.30. The summed E-state index contributed by atoms with van der Waals surface area (Å²) in [7, 11) is 0. The molecule has 0 spiro atoms. The zero-order valence-electron chi connectivity index (χ0n) is 17.8. The number of anilines is 1. The first-order chi connectivity index (χ1) is 15.8. The highest BCUT2D eigenvalue weighted by Gasteiger charge is 2.33. The lowest BCUT2D eigenvalue weighted by molar-refractivity contribution is -0.135. The number of nitrogens with two attached hydrogens (primary N) is 2. The van der Waals surface area contributed by atoms with Crippen molar-refractivity contribution in [2.45, 2.75) is 37.8 Å². The van der Waals surface area contributed by atoms with Crippen LogP contribution in [0.2, 0.25) is 0 Å². The summed E-state index contributed by atoms with van der Waals surface area (Å²) < 4.78 is 83.5. The number of ketones is 1. The van der Waals surface area contributed by atoms with Gasteiger partial charge in [0, 0.05) is 25.2 Å². The second-order valence-electron chi connectivity index (χ2n) is 7.37. The summed E-state index contributed by atoms with van der Waals surface area (Å²) in [5, 5.41) is 0. The van der Waals surface area contributed by atoms with Crippen LogP contribution in [0, 0.1) is 0 Å². The van der Waals surface area contributed by atoms with E-state index < -0.39 is 50.1 Å². The number of hydrogen-bond acceptors (Lipinski definition) is 6. The van der Waals surface area contributed by atoms with Crippen molar-refractivity contribution in [3.8, 4) is 11.5 Å². The van der Waals surface area contributed by atoms with Gasteiger partial charge in [-0.05, 0) is 29.8 Å². The summed E-state index contributed by atoms with van der Waals surface area (Å²) in [6.07, 6.45) is -12.1. The monoisotopic (exact) mass is 491 g/mol. The minimum absolute atomic E-state index is 0.0309. The molecule has 1 unspecified atom stereocenters. The number of para-hydroxylation sites is 1. The number of alkyl halides is 6. The number of benzene rings is 2. The SMILES string of the molecule is NCc1cc(C(N)C(=O)C=O)c(Oc2ccccc2)c(N(CCC(F)(F)F)CCC(F)(F)F)c1. The van der Waals surface area contributed by atoms with Gasteiger partial charge < -0.3 is 21.1 Å². The molecule has 0 amide bonds. The van der Waals surface area contributed by atoms with Crippen LogP contribution < -0.4 is 21.1 Å². The van der Waals surface area contributed by atoms with Gasteiger partial charge in [-0.15, -0.1) is 0 Å². The van der Waals surface area contributed by atoms with Crippen molar-refractivity contribution < 1.29 is 40.7 Å².